The third kappa shape index (κ3) is 5.12. The van der Waals surface area contributed by atoms with Crippen molar-refractivity contribution < 1.29 is 4.79 Å². The highest BCUT2D eigenvalue weighted by Gasteiger charge is 2.15. The molecule has 0 aliphatic heterocycles. The second-order valence-electron chi connectivity index (χ2n) is 6.53. The van der Waals surface area contributed by atoms with Crippen LogP contribution in [0.1, 0.15) is 19.4 Å². The summed E-state index contributed by atoms with van der Waals surface area (Å²) in [5, 5.41) is 6.00. The van der Waals surface area contributed by atoms with Crippen molar-refractivity contribution >= 4 is 50.8 Å². The molecule has 1 N–H and O–H groups in total. The minimum absolute atomic E-state index is 0.0345. The van der Waals surface area contributed by atoms with E-state index in [-0.39, 0.29) is 17.2 Å². The van der Waals surface area contributed by atoms with Crippen LogP contribution >= 0.6 is 34.7 Å². The van der Waals surface area contributed by atoms with Gasteiger partial charge in [-0.05, 0) is 35.1 Å². The van der Waals surface area contributed by atoms with Crippen LogP contribution in [-0.2, 0) is 17.9 Å². The van der Waals surface area contributed by atoms with Crippen molar-refractivity contribution in [3.8, 4) is 0 Å². The number of rotatable bonds is 7. The highest BCUT2D eigenvalue weighted by Crippen LogP contribution is 2.21. The molecule has 2 heterocycles. The van der Waals surface area contributed by atoms with Crippen LogP contribution in [0.15, 0.2) is 45.7 Å². The van der Waals surface area contributed by atoms with Gasteiger partial charge in [0.1, 0.15) is 4.70 Å². The molecule has 142 valence electrons. The molecule has 0 saturated carbocycles. The first-order chi connectivity index (χ1) is 12.9. The summed E-state index contributed by atoms with van der Waals surface area (Å²) >= 11 is 8.56. The van der Waals surface area contributed by atoms with Crippen LogP contribution in [-0.4, -0.2) is 21.2 Å². The van der Waals surface area contributed by atoms with Crippen molar-refractivity contribution in [2.45, 2.75) is 32.1 Å². The lowest BCUT2D eigenvalue weighted by atomic mass is 10.2. The van der Waals surface area contributed by atoms with E-state index in [1.807, 2.05) is 23.6 Å². The van der Waals surface area contributed by atoms with E-state index in [2.05, 4.69) is 24.1 Å². The molecular formula is C19H20ClN3O2S2. The van der Waals surface area contributed by atoms with Gasteiger partial charge in [0, 0.05) is 18.1 Å². The minimum Gasteiger partial charge on any atom is -0.351 e. The van der Waals surface area contributed by atoms with Crippen molar-refractivity contribution in [1.82, 2.24) is 14.9 Å². The molecule has 1 amide bonds. The second-order valence-corrected chi connectivity index (χ2v) is 8.83. The summed E-state index contributed by atoms with van der Waals surface area (Å²) in [6.45, 7) is 5.12. The van der Waals surface area contributed by atoms with E-state index in [4.69, 9.17) is 11.6 Å². The number of nitrogens with zero attached hydrogens (tertiary/aromatic N) is 2. The Morgan fingerprint density at radius 1 is 1.30 bits per heavy atom. The van der Waals surface area contributed by atoms with Gasteiger partial charge >= 0.3 is 0 Å². The number of benzene rings is 1. The van der Waals surface area contributed by atoms with Gasteiger partial charge in [-0.15, -0.1) is 11.3 Å². The Hall–Kier alpha value is -1.83. The van der Waals surface area contributed by atoms with Crippen molar-refractivity contribution in [2.24, 2.45) is 5.92 Å². The van der Waals surface area contributed by atoms with E-state index in [1.54, 1.807) is 16.7 Å². The van der Waals surface area contributed by atoms with Gasteiger partial charge in [0.2, 0.25) is 5.91 Å². The third-order valence-corrected chi connectivity index (χ3v) is 5.93. The van der Waals surface area contributed by atoms with Crippen molar-refractivity contribution in [2.75, 3.05) is 5.75 Å². The molecule has 0 bridgehead atoms. The van der Waals surface area contributed by atoms with Crippen LogP contribution in [0.5, 0.6) is 0 Å². The Balaban J connectivity index is 1.69. The molecule has 2 aromatic heterocycles. The fourth-order valence-corrected chi connectivity index (χ4v) is 4.29. The second kappa shape index (κ2) is 8.91. The van der Waals surface area contributed by atoms with E-state index in [0.29, 0.717) is 39.4 Å². The fourth-order valence-electron chi connectivity index (χ4n) is 2.54. The Morgan fingerprint density at radius 2 is 2.04 bits per heavy atom. The predicted molar refractivity (Wildman–Crippen MR) is 113 cm³/mol. The summed E-state index contributed by atoms with van der Waals surface area (Å²) in [5.41, 5.74) is 1.63. The van der Waals surface area contributed by atoms with Crippen LogP contribution in [0, 0.1) is 5.92 Å². The van der Waals surface area contributed by atoms with E-state index in [9.17, 15) is 9.59 Å². The molecule has 5 nitrogen and oxygen atoms in total. The fraction of sp³-hybridized carbons (Fsp3) is 0.316. The summed E-state index contributed by atoms with van der Waals surface area (Å²) in [6.07, 6.45) is 0. The molecule has 3 aromatic rings. The number of hydrogen-bond acceptors (Lipinski definition) is 5. The molecule has 0 atom stereocenters. The zero-order valence-electron chi connectivity index (χ0n) is 15.1. The summed E-state index contributed by atoms with van der Waals surface area (Å²) < 4.78 is 2.34. The largest absolute Gasteiger partial charge is 0.351 e. The molecule has 0 aliphatic rings. The Bertz CT molecular complexity index is 996. The number of carbonyl (C=O) groups excluding carboxylic acids is 1. The molecule has 0 radical (unpaired) electrons. The molecule has 27 heavy (non-hydrogen) atoms. The van der Waals surface area contributed by atoms with Gasteiger partial charge in [0.05, 0.1) is 11.3 Å². The van der Waals surface area contributed by atoms with Crippen LogP contribution in [0.25, 0.3) is 10.2 Å². The Morgan fingerprint density at radius 3 is 2.74 bits per heavy atom. The van der Waals surface area contributed by atoms with Crippen molar-refractivity contribution in [3.63, 3.8) is 0 Å². The smallest absolute Gasteiger partial charge is 0.272 e. The topological polar surface area (TPSA) is 64.0 Å². The molecule has 3 rings (SSSR count). The molecule has 0 fully saturated rings. The number of hydrogen-bond donors (Lipinski definition) is 1. The maximum absolute atomic E-state index is 12.7. The van der Waals surface area contributed by atoms with Gasteiger partial charge in [-0.1, -0.05) is 49.3 Å². The molecular weight excluding hydrogens is 402 g/mol. The van der Waals surface area contributed by atoms with E-state index in [0.717, 1.165) is 5.56 Å². The van der Waals surface area contributed by atoms with Crippen molar-refractivity contribution in [3.05, 3.63) is 56.7 Å². The number of aromatic nitrogens is 2. The number of thioether (sulfide) groups is 1. The molecule has 0 saturated heterocycles. The molecule has 0 unspecified atom stereocenters. The van der Waals surface area contributed by atoms with Crippen LogP contribution in [0.2, 0.25) is 5.02 Å². The van der Waals surface area contributed by atoms with Gasteiger partial charge in [-0.2, -0.15) is 0 Å². The zero-order chi connectivity index (χ0) is 19.4. The first-order valence-electron chi connectivity index (χ1n) is 8.56. The van der Waals surface area contributed by atoms with Crippen LogP contribution < -0.4 is 10.9 Å². The van der Waals surface area contributed by atoms with Gasteiger partial charge in [0.25, 0.3) is 5.56 Å². The van der Waals surface area contributed by atoms with Gasteiger partial charge in [0.15, 0.2) is 5.16 Å². The quantitative estimate of drug-likeness (QED) is 0.459. The monoisotopic (exact) mass is 421 g/mol. The number of amides is 1. The molecule has 1 aromatic carbocycles. The number of nitrogens with one attached hydrogen (secondary N) is 1. The zero-order valence-corrected chi connectivity index (χ0v) is 17.5. The number of thiophene rings is 1. The molecule has 0 spiro atoms. The van der Waals surface area contributed by atoms with Gasteiger partial charge in [-0.3, -0.25) is 14.2 Å². The number of halogens is 1. The first-order valence-corrected chi connectivity index (χ1v) is 10.8. The van der Waals surface area contributed by atoms with E-state index in [1.165, 1.54) is 23.1 Å². The van der Waals surface area contributed by atoms with Crippen LogP contribution in [0.4, 0.5) is 0 Å². The number of carbonyl (C=O) groups is 1. The van der Waals surface area contributed by atoms with E-state index < -0.39 is 0 Å². The average molecular weight is 422 g/mol. The lowest BCUT2D eigenvalue weighted by molar-refractivity contribution is -0.118. The Labute approximate surface area is 170 Å². The minimum atomic E-state index is -0.106. The highest BCUT2D eigenvalue weighted by molar-refractivity contribution is 7.99. The SMILES string of the molecule is CC(C)Cn1c(SCC(=O)NCc2ccc(Cl)cc2)nc2ccsc2c1=O. The van der Waals surface area contributed by atoms with Gasteiger partial charge < -0.3 is 5.32 Å². The highest BCUT2D eigenvalue weighted by atomic mass is 35.5. The Kier molecular flexibility index (Phi) is 6.57. The molecule has 8 heteroatoms. The maximum Gasteiger partial charge on any atom is 0.272 e. The maximum atomic E-state index is 12.7. The normalized spacial score (nSPS) is 11.3. The predicted octanol–water partition coefficient (Wildman–Crippen LogP) is 4.18. The number of fused-ring (bicyclic) bond motifs is 1. The lowest BCUT2D eigenvalue weighted by Crippen LogP contribution is -2.27. The third-order valence-electron chi connectivity index (χ3n) is 3.81. The average Bonchev–Trinajstić information content (AvgIpc) is 3.10. The van der Waals surface area contributed by atoms with E-state index >= 15 is 0 Å². The summed E-state index contributed by atoms with van der Waals surface area (Å²) in [6, 6.07) is 9.18. The standard InChI is InChI=1S/C19H20ClN3O2S2/c1-12(2)10-23-18(25)17-15(7-8-26-17)22-19(23)27-11-16(24)21-9-13-3-5-14(20)6-4-13/h3-8,12H,9-11H2,1-2H3,(H,21,24). The van der Waals surface area contributed by atoms with Gasteiger partial charge in [-0.25, -0.2) is 4.98 Å². The molecule has 0 aliphatic carbocycles. The first kappa shape index (κ1) is 19.9. The summed E-state index contributed by atoms with van der Waals surface area (Å²) in [4.78, 5) is 29.5. The lowest BCUT2D eigenvalue weighted by Gasteiger charge is -2.13. The summed E-state index contributed by atoms with van der Waals surface area (Å²) in [5.74, 6) is 0.402. The van der Waals surface area contributed by atoms with Crippen LogP contribution in [0.3, 0.4) is 0 Å². The summed E-state index contributed by atoms with van der Waals surface area (Å²) in [7, 11) is 0. The van der Waals surface area contributed by atoms with Crippen molar-refractivity contribution in [1.29, 1.82) is 0 Å².